The molecule has 0 radical (unpaired) electrons. The zero-order valence-corrected chi connectivity index (χ0v) is 13.7. The van der Waals surface area contributed by atoms with E-state index in [1.165, 1.54) is 12.8 Å². The number of hydrogen-bond donors (Lipinski definition) is 1. The summed E-state index contributed by atoms with van der Waals surface area (Å²) in [6.07, 6.45) is 3.54. The largest absolute Gasteiger partial charge is 0.338 e. The Morgan fingerprint density at radius 2 is 2.10 bits per heavy atom. The number of hydrogen-bond acceptors (Lipinski definition) is 2. The van der Waals surface area contributed by atoms with E-state index < -0.39 is 0 Å². The van der Waals surface area contributed by atoms with Crippen LogP contribution in [0, 0.1) is 11.8 Å². The van der Waals surface area contributed by atoms with Crippen LogP contribution < -0.4 is 5.73 Å². The molecule has 5 heteroatoms. The minimum Gasteiger partial charge on any atom is -0.338 e. The summed E-state index contributed by atoms with van der Waals surface area (Å²) in [7, 11) is 0. The van der Waals surface area contributed by atoms with Crippen molar-refractivity contribution in [3.05, 3.63) is 34.3 Å². The fourth-order valence-corrected chi connectivity index (χ4v) is 3.89. The Labute approximate surface area is 134 Å². The average Bonchev–Trinajstić information content (AvgIpc) is 2.83. The van der Waals surface area contributed by atoms with Crippen molar-refractivity contribution in [1.29, 1.82) is 0 Å². The third-order valence-corrected chi connectivity index (χ3v) is 5.01. The van der Waals surface area contributed by atoms with Crippen molar-refractivity contribution in [2.24, 2.45) is 17.6 Å². The molecule has 3 rings (SSSR count). The molecule has 1 aliphatic carbocycles. The molecule has 3 nitrogen and oxygen atoms in total. The molecule has 1 heterocycles. The molecular weight excluding hydrogens is 340 g/mol. The van der Waals surface area contributed by atoms with Gasteiger partial charge < -0.3 is 10.6 Å². The second kappa shape index (κ2) is 6.46. The van der Waals surface area contributed by atoms with Crippen molar-refractivity contribution in [2.75, 3.05) is 13.1 Å². The van der Waals surface area contributed by atoms with Gasteiger partial charge in [-0.15, -0.1) is 12.4 Å². The molecule has 20 heavy (non-hydrogen) atoms. The summed E-state index contributed by atoms with van der Waals surface area (Å²) in [5.74, 6) is 1.26. The van der Waals surface area contributed by atoms with E-state index in [4.69, 9.17) is 5.73 Å². The summed E-state index contributed by atoms with van der Waals surface area (Å²) in [5.41, 5.74) is 6.96. The number of nitrogens with two attached hydrogens (primary N) is 1. The summed E-state index contributed by atoms with van der Waals surface area (Å²) in [6.45, 7) is 1.71. The molecule has 2 aliphatic rings. The van der Waals surface area contributed by atoms with E-state index in [-0.39, 0.29) is 24.4 Å². The third kappa shape index (κ3) is 3.02. The highest BCUT2D eigenvalue weighted by atomic mass is 79.9. The first-order valence-electron chi connectivity index (χ1n) is 6.95. The van der Waals surface area contributed by atoms with Gasteiger partial charge in [0, 0.05) is 29.2 Å². The highest BCUT2D eigenvalue weighted by molar-refractivity contribution is 9.10. The Morgan fingerprint density at radius 1 is 1.30 bits per heavy atom. The molecule has 1 saturated heterocycles. The number of carbonyl (C=O) groups excluding carboxylic acids is 1. The lowest BCUT2D eigenvalue weighted by Gasteiger charge is -2.29. The Bertz CT molecular complexity index is 497. The van der Waals surface area contributed by atoms with E-state index in [1.54, 1.807) is 0 Å². The number of likely N-dealkylation sites (tertiary alicyclic amines) is 1. The van der Waals surface area contributed by atoms with Crippen LogP contribution in [0.3, 0.4) is 0 Å². The Morgan fingerprint density at radius 3 is 2.80 bits per heavy atom. The summed E-state index contributed by atoms with van der Waals surface area (Å²) in [5, 5.41) is 0. The average molecular weight is 360 g/mol. The molecule has 2 fully saturated rings. The van der Waals surface area contributed by atoms with Crippen LogP contribution in [0.1, 0.15) is 29.6 Å². The SMILES string of the molecule is Cl.NC1CCCC2CN(C(=O)c3cccc(Br)c3)CC12. The lowest BCUT2D eigenvalue weighted by Crippen LogP contribution is -2.38. The molecule has 0 spiro atoms. The maximum Gasteiger partial charge on any atom is 0.253 e. The van der Waals surface area contributed by atoms with Crippen molar-refractivity contribution in [2.45, 2.75) is 25.3 Å². The normalized spacial score (nSPS) is 28.7. The Hall–Kier alpha value is -0.580. The number of benzene rings is 1. The van der Waals surface area contributed by atoms with Gasteiger partial charge in [0.25, 0.3) is 5.91 Å². The fraction of sp³-hybridized carbons (Fsp3) is 0.533. The summed E-state index contributed by atoms with van der Waals surface area (Å²) in [6, 6.07) is 7.90. The molecule has 0 aromatic heterocycles. The first kappa shape index (κ1) is 15.8. The van der Waals surface area contributed by atoms with E-state index in [9.17, 15) is 4.79 Å². The zero-order valence-electron chi connectivity index (χ0n) is 11.3. The van der Waals surface area contributed by atoms with Crippen molar-refractivity contribution >= 4 is 34.2 Å². The predicted molar refractivity (Wildman–Crippen MR) is 86.1 cm³/mol. The van der Waals surface area contributed by atoms with E-state index in [1.807, 2.05) is 29.2 Å². The van der Waals surface area contributed by atoms with Crippen LogP contribution in [0.25, 0.3) is 0 Å². The van der Waals surface area contributed by atoms with Crippen LogP contribution in [0.5, 0.6) is 0 Å². The molecule has 1 aliphatic heterocycles. The smallest absolute Gasteiger partial charge is 0.253 e. The summed E-state index contributed by atoms with van der Waals surface area (Å²) < 4.78 is 0.951. The molecular formula is C15H20BrClN2O. The van der Waals surface area contributed by atoms with E-state index in [0.29, 0.717) is 11.8 Å². The van der Waals surface area contributed by atoms with Crippen LogP contribution in [-0.2, 0) is 0 Å². The Kier molecular flexibility index (Phi) is 5.10. The lowest BCUT2D eigenvalue weighted by molar-refractivity contribution is 0.0783. The van der Waals surface area contributed by atoms with Gasteiger partial charge in [0.1, 0.15) is 0 Å². The van der Waals surface area contributed by atoms with Gasteiger partial charge in [-0.1, -0.05) is 28.4 Å². The number of nitrogens with zero attached hydrogens (tertiary/aromatic N) is 1. The van der Waals surface area contributed by atoms with Crippen LogP contribution >= 0.6 is 28.3 Å². The quantitative estimate of drug-likeness (QED) is 0.837. The first-order valence-corrected chi connectivity index (χ1v) is 7.75. The molecule has 1 amide bonds. The van der Waals surface area contributed by atoms with E-state index >= 15 is 0 Å². The van der Waals surface area contributed by atoms with Crippen LogP contribution in [0.2, 0.25) is 0 Å². The van der Waals surface area contributed by atoms with Gasteiger partial charge in [-0.3, -0.25) is 4.79 Å². The van der Waals surface area contributed by atoms with Gasteiger partial charge in [-0.05, 0) is 42.9 Å². The van der Waals surface area contributed by atoms with Gasteiger partial charge in [0.15, 0.2) is 0 Å². The fourth-order valence-electron chi connectivity index (χ4n) is 3.49. The molecule has 1 saturated carbocycles. The van der Waals surface area contributed by atoms with E-state index in [0.717, 1.165) is 29.5 Å². The van der Waals surface area contributed by atoms with Gasteiger partial charge in [0.05, 0.1) is 0 Å². The van der Waals surface area contributed by atoms with Crippen molar-refractivity contribution in [1.82, 2.24) is 4.90 Å². The summed E-state index contributed by atoms with van der Waals surface area (Å²) in [4.78, 5) is 14.5. The van der Waals surface area contributed by atoms with Gasteiger partial charge in [0.2, 0.25) is 0 Å². The Balaban J connectivity index is 0.00000147. The molecule has 3 unspecified atom stereocenters. The number of fused-ring (bicyclic) bond motifs is 1. The molecule has 2 N–H and O–H groups in total. The highest BCUT2D eigenvalue weighted by Gasteiger charge is 2.40. The first-order chi connectivity index (χ1) is 9.15. The summed E-state index contributed by atoms with van der Waals surface area (Å²) >= 11 is 3.42. The molecule has 3 atom stereocenters. The molecule has 110 valence electrons. The van der Waals surface area contributed by atoms with Crippen molar-refractivity contribution in [3.63, 3.8) is 0 Å². The monoisotopic (exact) mass is 358 g/mol. The minimum absolute atomic E-state index is 0. The van der Waals surface area contributed by atoms with Crippen LogP contribution in [0.4, 0.5) is 0 Å². The molecule has 0 bridgehead atoms. The van der Waals surface area contributed by atoms with Gasteiger partial charge >= 0.3 is 0 Å². The van der Waals surface area contributed by atoms with Gasteiger partial charge in [-0.2, -0.15) is 0 Å². The second-order valence-corrected chi connectivity index (χ2v) is 6.65. The predicted octanol–water partition coefficient (Wildman–Crippen LogP) is 3.07. The van der Waals surface area contributed by atoms with Crippen LogP contribution in [0.15, 0.2) is 28.7 Å². The molecule has 1 aromatic rings. The lowest BCUT2D eigenvalue weighted by atomic mass is 9.78. The number of rotatable bonds is 1. The minimum atomic E-state index is 0. The van der Waals surface area contributed by atoms with E-state index in [2.05, 4.69) is 15.9 Å². The maximum atomic E-state index is 12.5. The third-order valence-electron chi connectivity index (χ3n) is 4.51. The standard InChI is InChI=1S/C15H19BrN2O.ClH/c16-12-5-1-3-10(7-12)15(19)18-8-11-4-2-6-14(17)13(11)9-18;/h1,3,5,7,11,13-14H,2,4,6,8-9,17H2;1H. The van der Waals surface area contributed by atoms with Crippen LogP contribution in [-0.4, -0.2) is 29.9 Å². The van der Waals surface area contributed by atoms with Gasteiger partial charge in [-0.25, -0.2) is 0 Å². The topological polar surface area (TPSA) is 46.3 Å². The van der Waals surface area contributed by atoms with Crippen molar-refractivity contribution < 1.29 is 4.79 Å². The number of halogens is 2. The zero-order chi connectivity index (χ0) is 13.4. The maximum absolute atomic E-state index is 12.5. The molecule has 1 aromatic carbocycles. The second-order valence-electron chi connectivity index (χ2n) is 5.74. The number of carbonyl (C=O) groups is 1. The van der Waals surface area contributed by atoms with Crippen molar-refractivity contribution in [3.8, 4) is 0 Å². The number of amides is 1. The highest BCUT2D eigenvalue weighted by Crippen LogP contribution is 2.36.